The van der Waals surface area contributed by atoms with Crippen LogP contribution in [0.2, 0.25) is 0 Å². The highest BCUT2D eigenvalue weighted by molar-refractivity contribution is 5.88. The Morgan fingerprint density at radius 3 is 2.18 bits per heavy atom. The van der Waals surface area contributed by atoms with E-state index in [0.29, 0.717) is 22.9 Å². The fourth-order valence-electron chi connectivity index (χ4n) is 4.36. The quantitative estimate of drug-likeness (QED) is 0.0712. The summed E-state index contributed by atoms with van der Waals surface area (Å²) < 4.78 is 26.2. The summed E-state index contributed by atoms with van der Waals surface area (Å²) in [5, 5.41) is 3.18. The van der Waals surface area contributed by atoms with E-state index in [9.17, 15) is 19.2 Å². The van der Waals surface area contributed by atoms with Gasteiger partial charge < -0.3 is 34.0 Å². The van der Waals surface area contributed by atoms with Gasteiger partial charge in [-0.3, -0.25) is 0 Å². The third kappa shape index (κ3) is 10.7. The molecule has 11 heteroatoms. The fraction of sp³-hybridized carbons (Fsp3) is 0.294. The van der Waals surface area contributed by atoms with Gasteiger partial charge >= 0.3 is 24.2 Å². The van der Waals surface area contributed by atoms with Crippen LogP contribution in [0.3, 0.4) is 0 Å². The number of hydrogen-bond acceptors (Lipinski definition) is 9. The van der Waals surface area contributed by atoms with Crippen molar-refractivity contribution in [3.63, 3.8) is 0 Å². The monoisotopic (exact) mass is 616 g/mol. The third-order valence-electron chi connectivity index (χ3n) is 6.70. The van der Waals surface area contributed by atoms with E-state index in [2.05, 4.69) is 10.3 Å². The Morgan fingerprint density at radius 2 is 1.49 bits per heavy atom. The standard InChI is InChI=1S/C34H36N2O9/c1-2-3-10-17-41-31(37)23-42-32(38)30(36-33(39)43-21-24-11-6-4-7-12-24)18-26-20-35-29-16-15-27(19-28(26)29)45-34(40)44-22-25-13-8-5-9-14-25/h4-9,11-16,19-20,30,35H,2-3,10,17-18,21-23H2,1H3,(H,36,39)/t30-/m0/s1. The molecular formula is C34H36N2O9. The van der Waals surface area contributed by atoms with E-state index in [0.717, 1.165) is 24.0 Å². The summed E-state index contributed by atoms with van der Waals surface area (Å²) in [6.07, 6.45) is 2.53. The molecule has 11 nitrogen and oxygen atoms in total. The normalized spacial score (nSPS) is 11.3. The lowest BCUT2D eigenvalue weighted by Crippen LogP contribution is -2.44. The lowest BCUT2D eigenvalue weighted by atomic mass is 10.0. The van der Waals surface area contributed by atoms with Gasteiger partial charge in [0.05, 0.1) is 6.61 Å². The summed E-state index contributed by atoms with van der Waals surface area (Å²) in [6.45, 7) is 1.72. The number of aromatic amines is 1. The number of rotatable bonds is 15. The Bertz CT molecular complexity index is 1550. The largest absolute Gasteiger partial charge is 0.514 e. The second-order valence-corrected chi connectivity index (χ2v) is 10.1. The molecule has 0 aliphatic rings. The highest BCUT2D eigenvalue weighted by Gasteiger charge is 2.26. The number of ether oxygens (including phenoxy) is 5. The average Bonchev–Trinajstić information content (AvgIpc) is 3.46. The van der Waals surface area contributed by atoms with Crippen molar-refractivity contribution in [3.05, 3.63) is 102 Å². The smallest absolute Gasteiger partial charge is 0.463 e. The molecule has 0 aliphatic heterocycles. The third-order valence-corrected chi connectivity index (χ3v) is 6.70. The summed E-state index contributed by atoms with van der Waals surface area (Å²) >= 11 is 0. The van der Waals surface area contributed by atoms with E-state index in [1.165, 1.54) is 0 Å². The van der Waals surface area contributed by atoms with Gasteiger partial charge in [-0.15, -0.1) is 0 Å². The number of carbonyl (C=O) groups excluding carboxylic acids is 4. The first-order valence-corrected chi connectivity index (χ1v) is 14.7. The summed E-state index contributed by atoms with van der Waals surface area (Å²) in [5.74, 6) is -1.30. The molecule has 0 bridgehead atoms. The molecule has 0 saturated carbocycles. The van der Waals surface area contributed by atoms with Gasteiger partial charge in [0.1, 0.15) is 25.0 Å². The molecule has 1 amide bonds. The van der Waals surface area contributed by atoms with Crippen molar-refractivity contribution in [3.8, 4) is 5.75 Å². The van der Waals surface area contributed by atoms with E-state index in [-0.39, 0.29) is 32.0 Å². The maximum Gasteiger partial charge on any atom is 0.514 e. The molecule has 0 fully saturated rings. The van der Waals surface area contributed by atoms with E-state index in [1.54, 1.807) is 36.5 Å². The van der Waals surface area contributed by atoms with Gasteiger partial charge in [-0.1, -0.05) is 80.4 Å². The summed E-state index contributed by atoms with van der Waals surface area (Å²) in [7, 11) is 0. The van der Waals surface area contributed by atoms with Crippen LogP contribution < -0.4 is 10.1 Å². The number of carbonyl (C=O) groups is 4. The summed E-state index contributed by atoms with van der Waals surface area (Å²) in [4.78, 5) is 53.3. The molecule has 1 heterocycles. The van der Waals surface area contributed by atoms with E-state index in [4.69, 9.17) is 23.7 Å². The molecule has 4 aromatic rings. The van der Waals surface area contributed by atoms with Crippen molar-refractivity contribution in [2.24, 2.45) is 0 Å². The Balaban J connectivity index is 1.42. The summed E-state index contributed by atoms with van der Waals surface area (Å²) in [6, 6.07) is 22.0. The first-order valence-electron chi connectivity index (χ1n) is 14.7. The van der Waals surface area contributed by atoms with Crippen LogP contribution in [0.25, 0.3) is 10.9 Å². The first kappa shape index (κ1) is 32.6. The van der Waals surface area contributed by atoms with Gasteiger partial charge in [-0.05, 0) is 41.3 Å². The summed E-state index contributed by atoms with van der Waals surface area (Å²) in [5.41, 5.74) is 2.89. The van der Waals surface area contributed by atoms with Crippen molar-refractivity contribution < 1.29 is 42.9 Å². The zero-order chi connectivity index (χ0) is 31.9. The number of benzene rings is 3. The average molecular weight is 617 g/mol. The molecule has 0 aliphatic carbocycles. The topological polar surface area (TPSA) is 142 Å². The van der Waals surface area contributed by atoms with Crippen LogP contribution in [0.4, 0.5) is 9.59 Å². The highest BCUT2D eigenvalue weighted by atomic mass is 16.7. The van der Waals surface area contributed by atoms with Crippen molar-refractivity contribution in [2.45, 2.75) is 51.9 Å². The Hall–Kier alpha value is -5.32. The first-order chi connectivity index (χ1) is 21.9. The second-order valence-electron chi connectivity index (χ2n) is 10.1. The van der Waals surface area contributed by atoms with Crippen LogP contribution in [0.15, 0.2) is 85.1 Å². The van der Waals surface area contributed by atoms with Crippen LogP contribution in [0.1, 0.15) is 42.9 Å². The minimum atomic E-state index is -1.21. The minimum Gasteiger partial charge on any atom is -0.463 e. The van der Waals surface area contributed by atoms with Gasteiger partial charge in [0.25, 0.3) is 0 Å². The van der Waals surface area contributed by atoms with Crippen molar-refractivity contribution in [1.29, 1.82) is 0 Å². The predicted octanol–water partition coefficient (Wildman–Crippen LogP) is 6.00. The van der Waals surface area contributed by atoms with Crippen LogP contribution in [-0.4, -0.2) is 48.4 Å². The molecule has 4 rings (SSSR count). The SMILES string of the molecule is CCCCCOC(=O)COC(=O)[C@H](Cc1c[nH]c2ccc(OC(=O)OCc3ccccc3)cc12)NC(=O)OCc1ccccc1. The molecule has 1 atom stereocenters. The number of nitrogens with one attached hydrogen (secondary N) is 2. The lowest BCUT2D eigenvalue weighted by molar-refractivity contribution is -0.160. The molecule has 2 N–H and O–H groups in total. The molecule has 45 heavy (non-hydrogen) atoms. The molecular weight excluding hydrogens is 580 g/mol. The van der Waals surface area contributed by atoms with E-state index in [1.807, 2.05) is 55.5 Å². The molecule has 1 aromatic heterocycles. The number of H-pyrrole nitrogens is 1. The maximum atomic E-state index is 13.1. The molecule has 0 spiro atoms. The van der Waals surface area contributed by atoms with Crippen LogP contribution in [0, 0.1) is 0 Å². The Labute approximate surface area is 260 Å². The number of unbranched alkanes of at least 4 members (excludes halogenated alkanes) is 2. The Kier molecular flexibility index (Phi) is 12.4. The van der Waals surface area contributed by atoms with Gasteiger partial charge in [0.15, 0.2) is 6.61 Å². The van der Waals surface area contributed by atoms with Crippen molar-refractivity contribution in [1.82, 2.24) is 10.3 Å². The number of fused-ring (bicyclic) bond motifs is 1. The molecule has 0 radical (unpaired) electrons. The number of esters is 2. The zero-order valence-corrected chi connectivity index (χ0v) is 25.0. The van der Waals surface area contributed by atoms with Gasteiger partial charge in [0, 0.05) is 23.5 Å². The Morgan fingerprint density at radius 1 is 0.800 bits per heavy atom. The highest BCUT2D eigenvalue weighted by Crippen LogP contribution is 2.25. The fourth-order valence-corrected chi connectivity index (χ4v) is 4.36. The van der Waals surface area contributed by atoms with E-state index < -0.39 is 36.8 Å². The van der Waals surface area contributed by atoms with E-state index >= 15 is 0 Å². The van der Waals surface area contributed by atoms with Gasteiger partial charge in [-0.25, -0.2) is 19.2 Å². The number of hydrogen-bond donors (Lipinski definition) is 2. The van der Waals surface area contributed by atoms with Crippen LogP contribution in [-0.2, 0) is 48.2 Å². The van der Waals surface area contributed by atoms with Gasteiger partial charge in [0.2, 0.25) is 0 Å². The zero-order valence-electron chi connectivity index (χ0n) is 25.0. The van der Waals surface area contributed by atoms with Crippen molar-refractivity contribution >= 4 is 35.1 Å². The molecule has 0 unspecified atom stereocenters. The predicted molar refractivity (Wildman–Crippen MR) is 164 cm³/mol. The van der Waals surface area contributed by atoms with Gasteiger partial charge in [-0.2, -0.15) is 0 Å². The minimum absolute atomic E-state index is 0.00726. The number of aromatic nitrogens is 1. The van der Waals surface area contributed by atoms with Crippen molar-refractivity contribution in [2.75, 3.05) is 13.2 Å². The maximum absolute atomic E-state index is 13.1. The van der Waals surface area contributed by atoms with Crippen LogP contribution in [0.5, 0.6) is 5.75 Å². The second kappa shape index (κ2) is 17.1. The number of amides is 1. The molecule has 236 valence electrons. The lowest BCUT2D eigenvalue weighted by Gasteiger charge is -2.17. The number of alkyl carbamates (subject to hydrolysis) is 1. The van der Waals surface area contributed by atoms with Crippen LogP contribution >= 0.6 is 0 Å². The molecule has 3 aromatic carbocycles. The molecule has 0 saturated heterocycles.